The number of aryl methyl sites for hydroxylation is 1. The number of benzene rings is 2. The van der Waals surface area contributed by atoms with E-state index in [1.54, 1.807) is 25.1 Å². The van der Waals surface area contributed by atoms with Crippen LogP contribution >= 0.6 is 15.9 Å². The van der Waals surface area contributed by atoms with Gasteiger partial charge in [-0.05, 0) is 42.8 Å². The molecular formula is C14H9BrF2O2. The zero-order valence-corrected chi connectivity index (χ0v) is 11.5. The van der Waals surface area contributed by atoms with E-state index in [2.05, 4.69) is 15.9 Å². The first-order valence-electron chi connectivity index (χ1n) is 5.39. The third-order valence-corrected chi connectivity index (χ3v) is 3.00. The number of aldehydes is 1. The molecule has 0 unspecified atom stereocenters. The van der Waals surface area contributed by atoms with Gasteiger partial charge in [-0.25, -0.2) is 8.78 Å². The maximum Gasteiger partial charge on any atom is 0.198 e. The molecule has 0 saturated carbocycles. The Morgan fingerprint density at radius 3 is 2.32 bits per heavy atom. The minimum absolute atomic E-state index is 0.0742. The van der Waals surface area contributed by atoms with E-state index in [0.29, 0.717) is 12.0 Å². The summed E-state index contributed by atoms with van der Waals surface area (Å²) in [4.78, 5) is 10.5. The van der Waals surface area contributed by atoms with Gasteiger partial charge in [0.05, 0.1) is 0 Å². The van der Waals surface area contributed by atoms with Crippen molar-refractivity contribution in [2.75, 3.05) is 0 Å². The average molecular weight is 327 g/mol. The van der Waals surface area contributed by atoms with Gasteiger partial charge >= 0.3 is 0 Å². The van der Waals surface area contributed by atoms with E-state index < -0.39 is 17.4 Å². The predicted octanol–water partition coefficient (Wildman–Crippen LogP) is 4.64. The Morgan fingerprint density at radius 1 is 1.16 bits per heavy atom. The van der Waals surface area contributed by atoms with Gasteiger partial charge in [-0.2, -0.15) is 0 Å². The lowest BCUT2D eigenvalue weighted by atomic mass is 10.2. The van der Waals surface area contributed by atoms with Crippen molar-refractivity contribution in [2.45, 2.75) is 6.92 Å². The van der Waals surface area contributed by atoms with Crippen molar-refractivity contribution in [3.63, 3.8) is 0 Å². The van der Waals surface area contributed by atoms with E-state index >= 15 is 0 Å². The number of carbonyl (C=O) groups excluding carboxylic acids is 1. The monoisotopic (exact) mass is 326 g/mol. The van der Waals surface area contributed by atoms with E-state index in [9.17, 15) is 13.6 Å². The lowest BCUT2D eigenvalue weighted by Crippen LogP contribution is -1.96. The van der Waals surface area contributed by atoms with Gasteiger partial charge in [0.2, 0.25) is 0 Å². The Hall–Kier alpha value is -1.75. The molecule has 2 aromatic rings. The summed E-state index contributed by atoms with van der Waals surface area (Å²) >= 11 is 3.29. The second kappa shape index (κ2) is 5.48. The first-order valence-corrected chi connectivity index (χ1v) is 6.19. The highest BCUT2D eigenvalue weighted by atomic mass is 79.9. The van der Waals surface area contributed by atoms with Crippen molar-refractivity contribution in [3.8, 4) is 11.5 Å². The second-order valence-corrected chi connectivity index (χ2v) is 4.86. The topological polar surface area (TPSA) is 26.3 Å². The summed E-state index contributed by atoms with van der Waals surface area (Å²) < 4.78 is 33.4. The average Bonchev–Trinajstić information content (AvgIpc) is 2.35. The number of rotatable bonds is 3. The SMILES string of the molecule is Cc1cc(Br)ccc1Oc1c(F)cc(C=O)cc1F. The quantitative estimate of drug-likeness (QED) is 0.768. The molecule has 2 aromatic carbocycles. The van der Waals surface area contributed by atoms with Crippen molar-refractivity contribution in [1.82, 2.24) is 0 Å². The van der Waals surface area contributed by atoms with Gasteiger partial charge in [-0.15, -0.1) is 0 Å². The molecule has 0 radical (unpaired) electrons. The molecule has 0 N–H and O–H groups in total. The minimum atomic E-state index is -0.913. The van der Waals surface area contributed by atoms with E-state index in [-0.39, 0.29) is 5.56 Å². The van der Waals surface area contributed by atoms with Crippen LogP contribution in [-0.2, 0) is 0 Å². The van der Waals surface area contributed by atoms with Gasteiger partial charge in [-0.3, -0.25) is 4.79 Å². The van der Waals surface area contributed by atoms with Crippen LogP contribution in [0.4, 0.5) is 8.78 Å². The Morgan fingerprint density at radius 2 is 1.79 bits per heavy atom. The lowest BCUT2D eigenvalue weighted by Gasteiger charge is -2.11. The smallest absolute Gasteiger partial charge is 0.198 e. The van der Waals surface area contributed by atoms with Gasteiger partial charge in [0.15, 0.2) is 17.4 Å². The largest absolute Gasteiger partial charge is 0.451 e. The zero-order chi connectivity index (χ0) is 14.0. The molecule has 19 heavy (non-hydrogen) atoms. The van der Waals surface area contributed by atoms with Crippen LogP contribution in [0.2, 0.25) is 0 Å². The number of hydrogen-bond donors (Lipinski definition) is 0. The summed E-state index contributed by atoms with van der Waals surface area (Å²) in [6.45, 7) is 1.76. The molecule has 0 aliphatic rings. The summed E-state index contributed by atoms with van der Waals surface area (Å²) in [6.07, 6.45) is 0.376. The Bertz CT molecular complexity index is 618. The molecule has 2 rings (SSSR count). The van der Waals surface area contributed by atoms with E-state index in [0.717, 1.165) is 22.2 Å². The molecule has 0 aromatic heterocycles. The minimum Gasteiger partial charge on any atom is -0.451 e. The first-order chi connectivity index (χ1) is 9.01. The van der Waals surface area contributed by atoms with Gasteiger partial charge in [0.25, 0.3) is 0 Å². The molecule has 0 atom stereocenters. The Balaban J connectivity index is 2.41. The normalized spacial score (nSPS) is 10.3. The van der Waals surface area contributed by atoms with Gasteiger partial charge in [-0.1, -0.05) is 15.9 Å². The van der Waals surface area contributed by atoms with Crippen LogP contribution in [0.1, 0.15) is 15.9 Å². The lowest BCUT2D eigenvalue weighted by molar-refractivity contribution is 0.112. The first kappa shape index (κ1) is 13.7. The van der Waals surface area contributed by atoms with Gasteiger partial charge in [0, 0.05) is 10.0 Å². The molecule has 2 nitrogen and oxygen atoms in total. The van der Waals surface area contributed by atoms with Crippen molar-refractivity contribution < 1.29 is 18.3 Å². The maximum absolute atomic E-state index is 13.7. The number of halogens is 3. The second-order valence-electron chi connectivity index (χ2n) is 3.94. The van der Waals surface area contributed by atoms with Gasteiger partial charge in [0.1, 0.15) is 12.0 Å². The molecule has 98 valence electrons. The van der Waals surface area contributed by atoms with Crippen LogP contribution in [0.3, 0.4) is 0 Å². The van der Waals surface area contributed by atoms with Crippen LogP contribution in [0.5, 0.6) is 11.5 Å². The number of carbonyl (C=O) groups is 1. The fourth-order valence-corrected chi connectivity index (χ4v) is 2.06. The summed E-state index contributed by atoms with van der Waals surface area (Å²) in [5.74, 6) is -2.00. The van der Waals surface area contributed by atoms with E-state index in [1.165, 1.54) is 0 Å². The summed E-state index contributed by atoms with van der Waals surface area (Å²) in [7, 11) is 0. The van der Waals surface area contributed by atoms with Crippen LogP contribution in [0.25, 0.3) is 0 Å². The highest BCUT2D eigenvalue weighted by Crippen LogP contribution is 2.31. The molecule has 0 fully saturated rings. The number of ether oxygens (including phenoxy) is 1. The molecule has 0 heterocycles. The Labute approximate surface area is 117 Å². The molecule has 0 aliphatic heterocycles. The van der Waals surface area contributed by atoms with Crippen molar-refractivity contribution in [3.05, 3.63) is 57.6 Å². The fourth-order valence-electron chi connectivity index (χ4n) is 1.58. The van der Waals surface area contributed by atoms with Crippen molar-refractivity contribution >= 4 is 22.2 Å². The Kier molecular flexibility index (Phi) is 3.95. The van der Waals surface area contributed by atoms with E-state index in [4.69, 9.17) is 4.74 Å². The van der Waals surface area contributed by atoms with Crippen LogP contribution < -0.4 is 4.74 Å². The van der Waals surface area contributed by atoms with Crippen LogP contribution in [0.15, 0.2) is 34.8 Å². The fraction of sp³-hybridized carbons (Fsp3) is 0.0714. The molecule has 0 aliphatic carbocycles. The van der Waals surface area contributed by atoms with Crippen molar-refractivity contribution in [1.29, 1.82) is 0 Å². The highest BCUT2D eigenvalue weighted by molar-refractivity contribution is 9.10. The highest BCUT2D eigenvalue weighted by Gasteiger charge is 2.14. The molecular weight excluding hydrogens is 318 g/mol. The molecule has 0 amide bonds. The van der Waals surface area contributed by atoms with Crippen LogP contribution in [0, 0.1) is 18.6 Å². The molecule has 0 bridgehead atoms. The summed E-state index contributed by atoms with van der Waals surface area (Å²) in [6, 6.07) is 6.94. The van der Waals surface area contributed by atoms with Crippen LogP contribution in [-0.4, -0.2) is 6.29 Å². The van der Waals surface area contributed by atoms with E-state index in [1.807, 2.05) is 0 Å². The molecule has 5 heteroatoms. The van der Waals surface area contributed by atoms with Crippen molar-refractivity contribution in [2.24, 2.45) is 0 Å². The number of hydrogen-bond acceptors (Lipinski definition) is 2. The summed E-state index contributed by atoms with van der Waals surface area (Å²) in [5, 5.41) is 0. The molecule has 0 saturated heterocycles. The van der Waals surface area contributed by atoms with Gasteiger partial charge < -0.3 is 4.74 Å². The third kappa shape index (κ3) is 2.98. The maximum atomic E-state index is 13.7. The molecule has 0 spiro atoms. The standard InChI is InChI=1S/C14H9BrF2O2/c1-8-4-10(15)2-3-13(8)19-14-11(16)5-9(7-18)6-12(14)17/h2-7H,1H3. The zero-order valence-electron chi connectivity index (χ0n) is 9.91. The predicted molar refractivity (Wildman–Crippen MR) is 70.7 cm³/mol. The third-order valence-electron chi connectivity index (χ3n) is 2.51. The summed E-state index contributed by atoms with van der Waals surface area (Å²) in [5.41, 5.74) is 0.655.